The number of hydrogen-bond acceptors (Lipinski definition) is 10. The van der Waals surface area contributed by atoms with E-state index in [1.807, 2.05) is 0 Å². The van der Waals surface area contributed by atoms with Crippen molar-refractivity contribution in [2.24, 2.45) is 0 Å². The van der Waals surface area contributed by atoms with Gasteiger partial charge in [-0.3, -0.25) is 34.2 Å². The number of carbonyl (C=O) groups is 5. The SMILES string of the molecule is O=C1CCC(N2C(=O)c3cccc(NC(=O)CCCCCOCCOCCOCCOCCOCCCCCCCl)c3C2=O)C(=O)N1. The summed E-state index contributed by atoms with van der Waals surface area (Å²) in [6, 6.07) is 3.55. The monoisotopic (exact) mass is 681 g/mol. The first-order chi connectivity index (χ1) is 22.9. The molecule has 1 aromatic rings. The lowest BCUT2D eigenvalue weighted by molar-refractivity contribution is -0.136. The molecule has 262 valence electrons. The molecule has 0 radical (unpaired) electrons. The Kier molecular flexibility index (Phi) is 18.5. The number of halogens is 1. The summed E-state index contributed by atoms with van der Waals surface area (Å²) < 4.78 is 27.6. The van der Waals surface area contributed by atoms with Crippen LogP contribution in [0.3, 0.4) is 0 Å². The summed E-state index contributed by atoms with van der Waals surface area (Å²) in [6.45, 7) is 5.38. The van der Waals surface area contributed by atoms with Gasteiger partial charge in [-0.25, -0.2) is 0 Å². The number of hydrogen-bond donors (Lipinski definition) is 2. The Morgan fingerprint density at radius 2 is 1.30 bits per heavy atom. The van der Waals surface area contributed by atoms with E-state index in [0.29, 0.717) is 65.9 Å². The maximum Gasteiger partial charge on any atom is 0.264 e. The van der Waals surface area contributed by atoms with E-state index in [1.54, 1.807) is 12.1 Å². The van der Waals surface area contributed by atoms with Gasteiger partial charge in [0.1, 0.15) is 6.04 Å². The van der Waals surface area contributed by atoms with Gasteiger partial charge in [0, 0.05) is 31.9 Å². The van der Waals surface area contributed by atoms with Crippen LogP contribution in [0.1, 0.15) is 84.9 Å². The highest BCUT2D eigenvalue weighted by molar-refractivity contribution is 6.26. The molecule has 0 bridgehead atoms. The molecule has 5 amide bonds. The van der Waals surface area contributed by atoms with E-state index < -0.39 is 29.7 Å². The van der Waals surface area contributed by atoms with E-state index in [9.17, 15) is 24.0 Å². The molecule has 13 nitrogen and oxygen atoms in total. The lowest BCUT2D eigenvalue weighted by Gasteiger charge is -2.27. The van der Waals surface area contributed by atoms with Gasteiger partial charge in [-0.15, -0.1) is 11.6 Å². The zero-order chi connectivity index (χ0) is 33.7. The van der Waals surface area contributed by atoms with Gasteiger partial charge in [0.15, 0.2) is 0 Å². The summed E-state index contributed by atoms with van der Waals surface area (Å²) in [5.74, 6) is -1.96. The quantitative estimate of drug-likeness (QED) is 0.0843. The Morgan fingerprint density at radius 1 is 0.745 bits per heavy atom. The van der Waals surface area contributed by atoms with Crippen molar-refractivity contribution in [2.45, 2.75) is 70.3 Å². The zero-order valence-corrected chi connectivity index (χ0v) is 27.8. The molecule has 2 aliphatic heterocycles. The van der Waals surface area contributed by atoms with E-state index in [-0.39, 0.29) is 42.0 Å². The summed E-state index contributed by atoms with van der Waals surface area (Å²) in [7, 11) is 0. The Bertz CT molecular complexity index is 1170. The van der Waals surface area contributed by atoms with E-state index >= 15 is 0 Å². The lowest BCUT2D eigenvalue weighted by atomic mass is 10.0. The van der Waals surface area contributed by atoms with Crippen LogP contribution in [-0.2, 0) is 38.1 Å². The highest BCUT2D eigenvalue weighted by Crippen LogP contribution is 2.32. The predicted molar refractivity (Wildman–Crippen MR) is 173 cm³/mol. The lowest BCUT2D eigenvalue weighted by Crippen LogP contribution is -2.54. The Hall–Kier alpha value is -2.94. The minimum atomic E-state index is -1.06. The molecule has 1 aromatic carbocycles. The van der Waals surface area contributed by atoms with Crippen molar-refractivity contribution < 1.29 is 47.7 Å². The minimum Gasteiger partial charge on any atom is -0.379 e. The Morgan fingerprint density at radius 3 is 1.87 bits per heavy atom. The third-order valence-electron chi connectivity index (χ3n) is 7.60. The fraction of sp³-hybridized carbons (Fsp3) is 0.667. The molecule has 2 N–H and O–H groups in total. The zero-order valence-electron chi connectivity index (χ0n) is 27.1. The number of rotatable bonds is 26. The van der Waals surface area contributed by atoms with Gasteiger partial charge in [0.2, 0.25) is 17.7 Å². The summed E-state index contributed by atoms with van der Waals surface area (Å²) >= 11 is 5.65. The van der Waals surface area contributed by atoms with Crippen molar-refractivity contribution in [1.82, 2.24) is 10.2 Å². The van der Waals surface area contributed by atoms with Crippen LogP contribution >= 0.6 is 11.6 Å². The molecule has 0 saturated carbocycles. The van der Waals surface area contributed by atoms with Crippen molar-refractivity contribution in [3.63, 3.8) is 0 Å². The van der Waals surface area contributed by atoms with E-state index in [1.165, 1.54) is 6.07 Å². The summed E-state index contributed by atoms with van der Waals surface area (Å²) in [5.41, 5.74) is 0.404. The van der Waals surface area contributed by atoms with Crippen LogP contribution in [-0.4, -0.2) is 112 Å². The molecule has 47 heavy (non-hydrogen) atoms. The second-order valence-corrected chi connectivity index (χ2v) is 11.6. The number of piperidine rings is 1. The van der Waals surface area contributed by atoms with Crippen LogP contribution in [0.25, 0.3) is 0 Å². The topological polar surface area (TPSA) is 159 Å². The molecule has 1 fully saturated rings. The van der Waals surface area contributed by atoms with E-state index in [0.717, 1.165) is 55.9 Å². The molecule has 1 saturated heterocycles. The maximum absolute atomic E-state index is 13.2. The van der Waals surface area contributed by atoms with Crippen molar-refractivity contribution >= 4 is 46.8 Å². The number of anilines is 1. The van der Waals surface area contributed by atoms with Crippen LogP contribution in [0.15, 0.2) is 18.2 Å². The third-order valence-corrected chi connectivity index (χ3v) is 7.86. The standard InChI is InChI=1S/C33H48ClN3O10/c34-14-5-1-2-6-15-43-17-19-45-21-23-47-24-22-46-20-18-44-16-7-3-4-11-28(38)35-26-10-8-9-25-30(26)33(42)37(32(25)41)27-12-13-29(39)36-31(27)40/h8-10,27H,1-7,11-24H2,(H,35,38)(H,36,39,40). The fourth-order valence-corrected chi connectivity index (χ4v) is 5.32. The molecular formula is C33H48ClN3O10. The van der Waals surface area contributed by atoms with Gasteiger partial charge in [-0.2, -0.15) is 0 Å². The summed E-state index contributed by atoms with van der Waals surface area (Å²) in [5, 5.41) is 4.90. The smallest absolute Gasteiger partial charge is 0.264 e. The highest BCUT2D eigenvalue weighted by Gasteiger charge is 2.45. The highest BCUT2D eigenvalue weighted by atomic mass is 35.5. The van der Waals surface area contributed by atoms with Gasteiger partial charge in [0.05, 0.1) is 69.7 Å². The number of carbonyl (C=O) groups excluding carboxylic acids is 5. The second-order valence-electron chi connectivity index (χ2n) is 11.2. The van der Waals surface area contributed by atoms with E-state index in [2.05, 4.69) is 10.6 Å². The van der Waals surface area contributed by atoms with Gasteiger partial charge in [-0.1, -0.05) is 25.3 Å². The molecule has 3 rings (SSSR count). The van der Waals surface area contributed by atoms with Gasteiger partial charge < -0.3 is 29.0 Å². The van der Waals surface area contributed by atoms with Crippen molar-refractivity contribution in [3.8, 4) is 0 Å². The number of imide groups is 2. The number of amides is 5. The number of benzene rings is 1. The van der Waals surface area contributed by atoms with E-state index in [4.69, 9.17) is 35.3 Å². The van der Waals surface area contributed by atoms with Crippen LogP contribution in [0, 0.1) is 0 Å². The Balaban J connectivity index is 1.14. The van der Waals surface area contributed by atoms with Gasteiger partial charge >= 0.3 is 0 Å². The molecule has 2 heterocycles. The molecule has 1 atom stereocenters. The van der Waals surface area contributed by atoms with Crippen LogP contribution in [0.5, 0.6) is 0 Å². The molecular weight excluding hydrogens is 634 g/mol. The average molecular weight is 682 g/mol. The number of unbranched alkanes of at least 4 members (excludes halogenated alkanes) is 5. The third kappa shape index (κ3) is 13.6. The number of alkyl halides is 1. The number of nitrogens with one attached hydrogen (secondary N) is 2. The van der Waals surface area contributed by atoms with Crippen LogP contribution in [0.4, 0.5) is 5.69 Å². The maximum atomic E-state index is 13.2. The van der Waals surface area contributed by atoms with Crippen LogP contribution < -0.4 is 10.6 Å². The van der Waals surface area contributed by atoms with Crippen molar-refractivity contribution in [1.29, 1.82) is 0 Å². The van der Waals surface area contributed by atoms with Gasteiger partial charge in [-0.05, 0) is 44.2 Å². The van der Waals surface area contributed by atoms with Crippen LogP contribution in [0.2, 0.25) is 0 Å². The molecule has 2 aliphatic rings. The molecule has 0 aromatic heterocycles. The minimum absolute atomic E-state index is 0.0348. The largest absolute Gasteiger partial charge is 0.379 e. The molecule has 0 aliphatic carbocycles. The first-order valence-electron chi connectivity index (χ1n) is 16.5. The molecule has 0 spiro atoms. The van der Waals surface area contributed by atoms with Crippen molar-refractivity contribution in [3.05, 3.63) is 29.3 Å². The second kappa shape index (κ2) is 22.6. The number of nitrogens with zero attached hydrogens (tertiary/aromatic N) is 1. The first-order valence-corrected chi connectivity index (χ1v) is 17.1. The molecule has 14 heteroatoms. The normalized spacial score (nSPS) is 16.1. The summed E-state index contributed by atoms with van der Waals surface area (Å²) in [6.07, 6.45) is 6.93. The van der Waals surface area contributed by atoms with Crippen molar-refractivity contribution in [2.75, 3.05) is 77.3 Å². The fourth-order valence-electron chi connectivity index (χ4n) is 5.13. The Labute approximate surface area is 281 Å². The average Bonchev–Trinajstić information content (AvgIpc) is 3.31. The summed E-state index contributed by atoms with van der Waals surface area (Å²) in [4.78, 5) is 63.4. The molecule has 1 unspecified atom stereocenters. The predicted octanol–water partition coefficient (Wildman–Crippen LogP) is 3.47. The number of ether oxygens (including phenoxy) is 5. The van der Waals surface area contributed by atoms with Gasteiger partial charge in [0.25, 0.3) is 11.8 Å². The first kappa shape index (κ1) is 38.5. The number of fused-ring (bicyclic) bond motifs is 1.